The average molecular weight is 295 g/mol. The van der Waals surface area contributed by atoms with Gasteiger partial charge in [-0.1, -0.05) is 6.07 Å². The third kappa shape index (κ3) is 3.31. The number of nitrogens with two attached hydrogens (primary N) is 1. The Labute approximate surface area is 118 Å². The van der Waals surface area contributed by atoms with E-state index in [0.29, 0.717) is 5.69 Å². The minimum atomic E-state index is -4.61. The van der Waals surface area contributed by atoms with E-state index in [4.69, 9.17) is 5.73 Å². The van der Waals surface area contributed by atoms with E-state index < -0.39 is 23.3 Å². The summed E-state index contributed by atoms with van der Waals surface area (Å²) < 4.78 is 38.2. The molecule has 0 atom stereocenters. The maximum absolute atomic E-state index is 12.7. The summed E-state index contributed by atoms with van der Waals surface area (Å²) >= 11 is 0. The number of aryl methyl sites for hydroxylation is 1. The molecule has 0 radical (unpaired) electrons. The number of para-hydroxylation sites is 1. The first kappa shape index (κ1) is 14.8. The van der Waals surface area contributed by atoms with Crippen LogP contribution in [0.3, 0.4) is 0 Å². The van der Waals surface area contributed by atoms with Crippen LogP contribution in [0.25, 0.3) is 0 Å². The first-order valence-electron chi connectivity index (χ1n) is 5.98. The van der Waals surface area contributed by atoms with Crippen molar-refractivity contribution in [2.24, 2.45) is 0 Å². The molecule has 0 bridgehead atoms. The van der Waals surface area contributed by atoms with Crippen molar-refractivity contribution in [3.63, 3.8) is 0 Å². The first-order chi connectivity index (χ1) is 9.79. The molecular formula is C14H12F3N3O. The lowest BCUT2D eigenvalue weighted by molar-refractivity contribution is -0.136. The molecule has 2 rings (SSSR count). The van der Waals surface area contributed by atoms with Gasteiger partial charge in [-0.3, -0.25) is 9.78 Å². The van der Waals surface area contributed by atoms with Gasteiger partial charge in [0.15, 0.2) is 0 Å². The summed E-state index contributed by atoms with van der Waals surface area (Å²) in [7, 11) is 0. The highest BCUT2D eigenvalue weighted by atomic mass is 19.4. The van der Waals surface area contributed by atoms with Gasteiger partial charge >= 0.3 is 6.18 Å². The Hall–Kier alpha value is -2.57. The first-order valence-corrected chi connectivity index (χ1v) is 5.98. The number of carbonyl (C=O) groups is 1. The van der Waals surface area contributed by atoms with Crippen molar-refractivity contribution >= 4 is 17.3 Å². The molecule has 21 heavy (non-hydrogen) atoms. The molecule has 3 N–H and O–H groups in total. The van der Waals surface area contributed by atoms with Crippen LogP contribution >= 0.6 is 0 Å². The van der Waals surface area contributed by atoms with Crippen molar-refractivity contribution in [2.45, 2.75) is 13.1 Å². The summed E-state index contributed by atoms with van der Waals surface area (Å²) in [5.74, 6) is -0.718. The highest BCUT2D eigenvalue weighted by Crippen LogP contribution is 2.35. The predicted molar refractivity (Wildman–Crippen MR) is 72.8 cm³/mol. The van der Waals surface area contributed by atoms with Crippen molar-refractivity contribution in [1.82, 2.24) is 4.98 Å². The standard InChI is InChI=1S/C14H12F3N3O/c1-8-5-6-9(7-19-8)20-13(21)10-3-2-4-11(12(10)18)14(15,16)17/h2-7H,18H2,1H3,(H,20,21). The second-order valence-electron chi connectivity index (χ2n) is 4.41. The van der Waals surface area contributed by atoms with Crippen molar-refractivity contribution < 1.29 is 18.0 Å². The largest absolute Gasteiger partial charge is 0.418 e. The smallest absolute Gasteiger partial charge is 0.398 e. The molecule has 0 unspecified atom stereocenters. The third-order valence-electron chi connectivity index (χ3n) is 2.83. The number of anilines is 2. The zero-order valence-electron chi connectivity index (χ0n) is 11.0. The SMILES string of the molecule is Cc1ccc(NC(=O)c2cccc(C(F)(F)F)c2N)cn1. The van der Waals surface area contributed by atoms with Gasteiger partial charge in [0.1, 0.15) is 0 Å². The number of benzene rings is 1. The summed E-state index contributed by atoms with van der Waals surface area (Å²) in [6.07, 6.45) is -3.19. The zero-order chi connectivity index (χ0) is 15.6. The summed E-state index contributed by atoms with van der Waals surface area (Å²) in [6, 6.07) is 6.48. The van der Waals surface area contributed by atoms with Crippen molar-refractivity contribution in [3.05, 3.63) is 53.3 Å². The molecule has 0 aliphatic heterocycles. The van der Waals surface area contributed by atoms with Gasteiger partial charge in [0.2, 0.25) is 0 Å². The Morgan fingerprint density at radius 2 is 1.95 bits per heavy atom. The number of carbonyl (C=O) groups excluding carboxylic acids is 1. The van der Waals surface area contributed by atoms with Crippen molar-refractivity contribution in [1.29, 1.82) is 0 Å². The lowest BCUT2D eigenvalue weighted by Gasteiger charge is -2.13. The van der Waals surface area contributed by atoms with E-state index in [1.807, 2.05) is 0 Å². The van der Waals surface area contributed by atoms with E-state index in [2.05, 4.69) is 10.3 Å². The molecule has 0 spiro atoms. The van der Waals surface area contributed by atoms with Crippen LogP contribution in [0.2, 0.25) is 0 Å². The third-order valence-corrected chi connectivity index (χ3v) is 2.83. The van der Waals surface area contributed by atoms with E-state index in [1.165, 1.54) is 12.3 Å². The molecule has 0 saturated heterocycles. The van der Waals surface area contributed by atoms with Gasteiger partial charge in [0, 0.05) is 5.69 Å². The number of rotatable bonds is 2. The molecule has 1 aromatic heterocycles. The number of halogens is 3. The molecular weight excluding hydrogens is 283 g/mol. The zero-order valence-corrected chi connectivity index (χ0v) is 11.0. The maximum Gasteiger partial charge on any atom is 0.418 e. The molecule has 0 fully saturated rings. The molecule has 0 aliphatic carbocycles. The Kier molecular flexibility index (Phi) is 3.84. The molecule has 0 saturated carbocycles. The summed E-state index contributed by atoms with van der Waals surface area (Å²) in [5.41, 5.74) is 4.73. The van der Waals surface area contributed by atoms with Crippen LogP contribution in [0.1, 0.15) is 21.6 Å². The van der Waals surface area contributed by atoms with Gasteiger partial charge in [-0.05, 0) is 31.2 Å². The van der Waals surface area contributed by atoms with Gasteiger partial charge in [-0.25, -0.2) is 0 Å². The molecule has 1 heterocycles. The number of nitrogen functional groups attached to an aromatic ring is 1. The van der Waals surface area contributed by atoms with E-state index in [9.17, 15) is 18.0 Å². The fourth-order valence-corrected chi connectivity index (χ4v) is 1.75. The van der Waals surface area contributed by atoms with Gasteiger partial charge in [-0.15, -0.1) is 0 Å². The van der Waals surface area contributed by atoms with E-state index in [1.54, 1.807) is 19.1 Å². The highest BCUT2D eigenvalue weighted by Gasteiger charge is 2.34. The van der Waals surface area contributed by atoms with Crippen LogP contribution in [0.15, 0.2) is 36.5 Å². The maximum atomic E-state index is 12.7. The van der Waals surface area contributed by atoms with Crippen LogP contribution < -0.4 is 11.1 Å². The van der Waals surface area contributed by atoms with Crippen LogP contribution in [0.4, 0.5) is 24.5 Å². The molecule has 1 aromatic carbocycles. The van der Waals surface area contributed by atoms with E-state index >= 15 is 0 Å². The molecule has 0 aliphatic rings. The molecule has 4 nitrogen and oxygen atoms in total. The molecule has 2 aromatic rings. The van der Waals surface area contributed by atoms with Crippen LogP contribution in [-0.2, 0) is 6.18 Å². The van der Waals surface area contributed by atoms with Gasteiger partial charge in [-0.2, -0.15) is 13.2 Å². The minimum absolute atomic E-state index is 0.231. The van der Waals surface area contributed by atoms with Crippen molar-refractivity contribution in [3.8, 4) is 0 Å². The molecule has 110 valence electrons. The van der Waals surface area contributed by atoms with Gasteiger partial charge in [0.05, 0.1) is 28.7 Å². The van der Waals surface area contributed by atoms with E-state index in [0.717, 1.165) is 17.8 Å². The summed E-state index contributed by atoms with van der Waals surface area (Å²) in [6.45, 7) is 1.77. The average Bonchev–Trinajstić information content (AvgIpc) is 2.40. The fourth-order valence-electron chi connectivity index (χ4n) is 1.75. The van der Waals surface area contributed by atoms with Crippen LogP contribution in [0.5, 0.6) is 0 Å². The Balaban J connectivity index is 2.30. The molecule has 1 amide bonds. The number of nitrogens with zero attached hydrogens (tertiary/aromatic N) is 1. The highest BCUT2D eigenvalue weighted by molar-refractivity contribution is 6.08. The topological polar surface area (TPSA) is 68.0 Å². The number of pyridine rings is 1. The predicted octanol–water partition coefficient (Wildman–Crippen LogP) is 3.24. The minimum Gasteiger partial charge on any atom is -0.398 e. The summed E-state index contributed by atoms with van der Waals surface area (Å²) in [5, 5.41) is 2.46. The Bertz CT molecular complexity index is 666. The number of amides is 1. The van der Waals surface area contributed by atoms with Crippen molar-refractivity contribution in [2.75, 3.05) is 11.1 Å². The number of nitrogens with one attached hydrogen (secondary N) is 1. The molecule has 7 heteroatoms. The Morgan fingerprint density at radius 1 is 1.24 bits per heavy atom. The Morgan fingerprint density at radius 3 is 2.52 bits per heavy atom. The number of hydrogen-bond donors (Lipinski definition) is 2. The monoisotopic (exact) mass is 295 g/mol. The van der Waals surface area contributed by atoms with Gasteiger partial charge in [0.25, 0.3) is 5.91 Å². The quantitative estimate of drug-likeness (QED) is 0.836. The number of hydrogen-bond acceptors (Lipinski definition) is 3. The number of alkyl halides is 3. The second-order valence-corrected chi connectivity index (χ2v) is 4.41. The van der Waals surface area contributed by atoms with Crippen LogP contribution in [-0.4, -0.2) is 10.9 Å². The normalized spacial score (nSPS) is 11.2. The second kappa shape index (κ2) is 5.43. The van der Waals surface area contributed by atoms with Crippen LogP contribution in [0, 0.1) is 6.92 Å². The fraction of sp³-hybridized carbons (Fsp3) is 0.143. The summed E-state index contributed by atoms with van der Waals surface area (Å²) in [4.78, 5) is 16.0. The lowest BCUT2D eigenvalue weighted by atomic mass is 10.1. The lowest BCUT2D eigenvalue weighted by Crippen LogP contribution is -2.17. The van der Waals surface area contributed by atoms with E-state index in [-0.39, 0.29) is 5.56 Å². The van der Waals surface area contributed by atoms with Gasteiger partial charge < -0.3 is 11.1 Å². The number of aromatic nitrogens is 1.